The van der Waals surface area contributed by atoms with Crippen LogP contribution in [-0.4, -0.2) is 40.6 Å². The van der Waals surface area contributed by atoms with Gasteiger partial charge in [-0.05, 0) is 55.2 Å². The number of nitrogens with zero attached hydrogens (tertiary/aromatic N) is 1. The molecule has 0 aliphatic carbocycles. The van der Waals surface area contributed by atoms with Gasteiger partial charge in [-0.2, -0.15) is 0 Å². The van der Waals surface area contributed by atoms with Gasteiger partial charge >= 0.3 is 0 Å². The van der Waals surface area contributed by atoms with Crippen molar-refractivity contribution in [3.05, 3.63) is 27.7 Å². The first-order chi connectivity index (χ1) is 11.9. The number of benzene rings is 1. The molecule has 1 aromatic rings. The molecule has 4 nitrogen and oxygen atoms in total. The molecular weight excluding hydrogens is 410 g/mol. The highest BCUT2D eigenvalue weighted by Crippen LogP contribution is 2.36. The van der Waals surface area contributed by atoms with Gasteiger partial charge in [-0.15, -0.1) is 0 Å². The van der Waals surface area contributed by atoms with Crippen molar-refractivity contribution in [3.63, 3.8) is 0 Å². The molecule has 26 heavy (non-hydrogen) atoms. The molecule has 6 heteroatoms. The van der Waals surface area contributed by atoms with Gasteiger partial charge in [-0.25, -0.2) is 0 Å². The number of carbonyl (C=O) groups is 1. The van der Waals surface area contributed by atoms with Crippen molar-refractivity contribution in [2.24, 2.45) is 0 Å². The van der Waals surface area contributed by atoms with E-state index in [1.807, 2.05) is 26.0 Å². The Morgan fingerprint density at radius 1 is 1.12 bits per heavy atom. The summed E-state index contributed by atoms with van der Waals surface area (Å²) in [6.45, 7) is 19.0. The number of amides is 1. The zero-order chi connectivity index (χ0) is 20.1. The minimum Gasteiger partial charge on any atom is -0.414 e. The van der Waals surface area contributed by atoms with E-state index < -0.39 is 8.32 Å². The molecule has 1 rings (SSSR count). The minimum absolute atomic E-state index is 0.0206. The number of hydrogen-bond acceptors (Lipinski definition) is 3. The van der Waals surface area contributed by atoms with E-state index in [0.29, 0.717) is 26.4 Å². The summed E-state index contributed by atoms with van der Waals surface area (Å²) in [5.41, 5.74) is 3.15. The van der Waals surface area contributed by atoms with Crippen molar-refractivity contribution in [1.82, 2.24) is 0 Å². The van der Waals surface area contributed by atoms with Gasteiger partial charge in [0, 0.05) is 23.6 Å². The molecule has 0 unspecified atom stereocenters. The molecule has 0 N–H and O–H groups in total. The maximum absolute atomic E-state index is 12.1. The molecule has 0 aliphatic heterocycles. The predicted molar refractivity (Wildman–Crippen MR) is 116 cm³/mol. The van der Waals surface area contributed by atoms with Crippen LogP contribution in [0.1, 0.15) is 38.8 Å². The van der Waals surface area contributed by atoms with Crippen molar-refractivity contribution in [2.45, 2.75) is 59.7 Å². The largest absolute Gasteiger partial charge is 0.414 e. The fourth-order valence-corrected chi connectivity index (χ4v) is 3.63. The number of anilines is 1. The minimum atomic E-state index is -1.72. The quantitative estimate of drug-likeness (QED) is 0.395. The second-order valence-electron chi connectivity index (χ2n) is 8.29. The molecule has 0 atom stereocenters. The standard InChI is InChI=1S/C20H34BrNO3Si/c1-15-13-18(14-16(2)19(15)21)22(17(3)23)9-10-24-11-12-25-26(7,8)20(4,5)6/h13-14H,9-12H2,1-8H3. The zero-order valence-corrected chi connectivity index (χ0v) is 20.1. The van der Waals surface area contributed by atoms with E-state index in [0.717, 1.165) is 21.3 Å². The van der Waals surface area contributed by atoms with Crippen molar-refractivity contribution >= 4 is 35.8 Å². The summed E-state index contributed by atoms with van der Waals surface area (Å²) < 4.78 is 12.9. The van der Waals surface area contributed by atoms with Crippen molar-refractivity contribution in [3.8, 4) is 0 Å². The highest BCUT2D eigenvalue weighted by atomic mass is 79.9. The molecule has 0 aromatic heterocycles. The van der Waals surface area contributed by atoms with Crippen LogP contribution in [0.3, 0.4) is 0 Å². The molecule has 148 valence electrons. The number of rotatable bonds is 8. The SMILES string of the molecule is CC(=O)N(CCOCCO[Si](C)(C)C(C)(C)C)c1cc(C)c(Br)c(C)c1. The second kappa shape index (κ2) is 9.49. The molecule has 1 amide bonds. The Balaban J connectivity index is 2.53. The van der Waals surface area contributed by atoms with Crippen LogP contribution < -0.4 is 4.90 Å². The second-order valence-corrected chi connectivity index (χ2v) is 13.9. The van der Waals surface area contributed by atoms with Crippen LogP contribution in [0.2, 0.25) is 18.1 Å². The Hall–Kier alpha value is -0.693. The molecule has 1 aromatic carbocycles. The molecule has 0 fully saturated rings. The van der Waals surface area contributed by atoms with Gasteiger partial charge in [0.15, 0.2) is 8.32 Å². The summed E-state index contributed by atoms with van der Waals surface area (Å²) in [6, 6.07) is 4.05. The van der Waals surface area contributed by atoms with Crippen LogP contribution in [-0.2, 0) is 14.0 Å². The molecule has 0 aliphatic rings. The van der Waals surface area contributed by atoms with Gasteiger partial charge in [-0.3, -0.25) is 4.79 Å². The monoisotopic (exact) mass is 443 g/mol. The average Bonchev–Trinajstić information content (AvgIpc) is 2.49. The van der Waals surface area contributed by atoms with Gasteiger partial charge in [0.1, 0.15) is 0 Å². The van der Waals surface area contributed by atoms with Gasteiger partial charge in [0.25, 0.3) is 0 Å². The molecule has 0 bridgehead atoms. The highest BCUT2D eigenvalue weighted by Gasteiger charge is 2.36. The van der Waals surface area contributed by atoms with Crippen LogP contribution in [0, 0.1) is 13.8 Å². The maximum Gasteiger partial charge on any atom is 0.223 e. The summed E-state index contributed by atoms with van der Waals surface area (Å²) in [5, 5.41) is 0.204. The number of halogens is 1. The third-order valence-corrected chi connectivity index (χ3v) is 10.9. The Bertz CT molecular complexity index is 603. The van der Waals surface area contributed by atoms with E-state index in [-0.39, 0.29) is 10.9 Å². The molecular formula is C20H34BrNO3Si. The van der Waals surface area contributed by atoms with Crippen LogP contribution in [0.15, 0.2) is 16.6 Å². The van der Waals surface area contributed by atoms with Crippen LogP contribution in [0.5, 0.6) is 0 Å². The van der Waals surface area contributed by atoms with E-state index in [1.54, 1.807) is 11.8 Å². The molecule has 0 saturated heterocycles. The lowest BCUT2D eigenvalue weighted by atomic mass is 10.1. The molecule has 0 heterocycles. The van der Waals surface area contributed by atoms with Gasteiger partial charge in [0.2, 0.25) is 5.91 Å². The number of carbonyl (C=O) groups excluding carboxylic acids is 1. The van der Waals surface area contributed by atoms with Gasteiger partial charge in [-0.1, -0.05) is 36.7 Å². The van der Waals surface area contributed by atoms with E-state index >= 15 is 0 Å². The smallest absolute Gasteiger partial charge is 0.223 e. The number of aryl methyl sites for hydroxylation is 2. The summed E-state index contributed by atoms with van der Waals surface area (Å²) in [4.78, 5) is 13.8. The van der Waals surface area contributed by atoms with E-state index in [1.165, 1.54) is 0 Å². The van der Waals surface area contributed by atoms with E-state index in [9.17, 15) is 4.79 Å². The topological polar surface area (TPSA) is 38.8 Å². The third-order valence-electron chi connectivity index (χ3n) is 5.07. The lowest BCUT2D eigenvalue weighted by Gasteiger charge is -2.36. The summed E-state index contributed by atoms with van der Waals surface area (Å²) in [5.74, 6) is 0.0206. The Kier molecular flexibility index (Phi) is 8.52. The first-order valence-electron chi connectivity index (χ1n) is 9.13. The van der Waals surface area contributed by atoms with Gasteiger partial charge < -0.3 is 14.1 Å². The third kappa shape index (κ3) is 6.48. The van der Waals surface area contributed by atoms with E-state index in [2.05, 4.69) is 49.8 Å². The van der Waals surface area contributed by atoms with Crippen molar-refractivity contribution < 1.29 is 14.0 Å². The first-order valence-corrected chi connectivity index (χ1v) is 12.8. The fraction of sp³-hybridized carbons (Fsp3) is 0.650. The van der Waals surface area contributed by atoms with Crippen molar-refractivity contribution in [1.29, 1.82) is 0 Å². The lowest BCUT2D eigenvalue weighted by Crippen LogP contribution is -2.41. The summed E-state index contributed by atoms with van der Waals surface area (Å²) in [7, 11) is -1.72. The summed E-state index contributed by atoms with van der Waals surface area (Å²) >= 11 is 3.57. The predicted octanol–water partition coefficient (Wildman–Crippen LogP) is 5.46. The fourth-order valence-electron chi connectivity index (χ4n) is 2.38. The lowest BCUT2D eigenvalue weighted by molar-refractivity contribution is -0.116. The normalized spacial score (nSPS) is 12.3. The average molecular weight is 444 g/mol. The van der Waals surface area contributed by atoms with Crippen LogP contribution in [0.25, 0.3) is 0 Å². The molecule has 0 spiro atoms. The van der Waals surface area contributed by atoms with Crippen LogP contribution in [0.4, 0.5) is 5.69 Å². The number of hydrogen-bond donors (Lipinski definition) is 0. The van der Waals surface area contributed by atoms with E-state index in [4.69, 9.17) is 9.16 Å². The molecule has 0 radical (unpaired) electrons. The number of ether oxygens (including phenoxy) is 1. The highest BCUT2D eigenvalue weighted by molar-refractivity contribution is 9.10. The van der Waals surface area contributed by atoms with Crippen LogP contribution >= 0.6 is 15.9 Å². The Morgan fingerprint density at radius 3 is 2.12 bits per heavy atom. The summed E-state index contributed by atoms with van der Waals surface area (Å²) in [6.07, 6.45) is 0. The zero-order valence-electron chi connectivity index (χ0n) is 17.5. The van der Waals surface area contributed by atoms with Crippen molar-refractivity contribution in [2.75, 3.05) is 31.3 Å². The Labute approximate surface area is 168 Å². The first kappa shape index (κ1) is 23.3. The Morgan fingerprint density at radius 2 is 1.65 bits per heavy atom. The van der Waals surface area contributed by atoms with Gasteiger partial charge in [0.05, 0.1) is 19.8 Å². The maximum atomic E-state index is 12.1. The molecule has 0 saturated carbocycles.